The van der Waals surface area contributed by atoms with E-state index >= 15 is 0 Å². The molecule has 0 saturated carbocycles. The zero-order valence-corrected chi connectivity index (χ0v) is 7.70. The van der Waals surface area contributed by atoms with E-state index in [1.807, 2.05) is 18.2 Å². The Bertz CT molecular complexity index is 301. The minimum absolute atomic E-state index is 0.168. The molecule has 0 radical (unpaired) electrons. The first-order valence-electron chi connectivity index (χ1n) is 4.50. The minimum Gasteiger partial charge on any atom is -0.508 e. The lowest BCUT2D eigenvalue weighted by Gasteiger charge is -2.20. The maximum Gasteiger partial charge on any atom is 0.121 e. The van der Waals surface area contributed by atoms with Crippen LogP contribution in [0.15, 0.2) is 24.3 Å². The summed E-state index contributed by atoms with van der Waals surface area (Å²) < 4.78 is 0. The molecule has 13 heavy (non-hydrogen) atoms. The van der Waals surface area contributed by atoms with Crippen LogP contribution in [0.4, 0.5) is 0 Å². The molecule has 1 fully saturated rings. The summed E-state index contributed by atoms with van der Waals surface area (Å²) in [6, 6.07) is 7.47. The molecule has 0 aliphatic carbocycles. The van der Waals surface area contributed by atoms with Crippen LogP contribution in [0, 0.1) is 0 Å². The van der Waals surface area contributed by atoms with Gasteiger partial charge < -0.3 is 5.11 Å². The second kappa shape index (κ2) is 3.36. The van der Waals surface area contributed by atoms with Crippen molar-refractivity contribution in [3.63, 3.8) is 0 Å². The van der Waals surface area contributed by atoms with Gasteiger partial charge in [0.2, 0.25) is 0 Å². The molecule has 1 aliphatic heterocycles. The number of nitrogens with zero attached hydrogens (tertiary/aromatic N) is 1. The molecule has 0 unspecified atom stereocenters. The summed E-state index contributed by atoms with van der Waals surface area (Å²) in [5, 5.41) is 13.0. The van der Waals surface area contributed by atoms with E-state index in [0.717, 1.165) is 18.7 Å². The number of rotatable bonds is 1. The quantitative estimate of drug-likeness (QED) is 0.671. The number of phenols is 1. The van der Waals surface area contributed by atoms with Gasteiger partial charge in [0, 0.05) is 18.7 Å². The standard InChI is InChI=1S/C10H14N2O/c1-12-7-6-11-10(12)8-4-2-3-5-9(8)13/h2-5,10-11,13H,6-7H2,1H3/t10-/m1/s1. The summed E-state index contributed by atoms with van der Waals surface area (Å²) in [6.45, 7) is 2.01. The second-order valence-electron chi connectivity index (χ2n) is 3.40. The smallest absolute Gasteiger partial charge is 0.121 e. The number of phenolic OH excluding ortho intramolecular Hbond substituents is 1. The zero-order valence-electron chi connectivity index (χ0n) is 7.70. The van der Waals surface area contributed by atoms with Crippen LogP contribution in [0.25, 0.3) is 0 Å². The minimum atomic E-state index is 0.168. The monoisotopic (exact) mass is 178 g/mol. The van der Waals surface area contributed by atoms with Crippen molar-refractivity contribution in [3.05, 3.63) is 29.8 Å². The molecule has 1 aromatic carbocycles. The Labute approximate surface area is 78.0 Å². The highest BCUT2D eigenvalue weighted by atomic mass is 16.3. The lowest BCUT2D eigenvalue weighted by molar-refractivity contribution is 0.293. The SMILES string of the molecule is CN1CCN[C@H]1c1ccccc1O. The third-order valence-corrected chi connectivity index (χ3v) is 2.47. The number of hydrogen-bond donors (Lipinski definition) is 2. The molecular weight excluding hydrogens is 164 g/mol. The van der Waals surface area contributed by atoms with Crippen molar-refractivity contribution < 1.29 is 5.11 Å². The van der Waals surface area contributed by atoms with Gasteiger partial charge in [-0.3, -0.25) is 10.2 Å². The summed E-state index contributed by atoms with van der Waals surface area (Å²) in [7, 11) is 2.05. The van der Waals surface area contributed by atoms with Crippen LogP contribution in [0.5, 0.6) is 5.75 Å². The van der Waals surface area contributed by atoms with E-state index in [-0.39, 0.29) is 6.17 Å². The van der Waals surface area contributed by atoms with Gasteiger partial charge in [0.25, 0.3) is 0 Å². The highest BCUT2D eigenvalue weighted by Crippen LogP contribution is 2.27. The Morgan fingerprint density at radius 3 is 2.85 bits per heavy atom. The highest BCUT2D eigenvalue weighted by Gasteiger charge is 2.23. The van der Waals surface area contributed by atoms with Crippen LogP contribution in [-0.2, 0) is 0 Å². The van der Waals surface area contributed by atoms with Crippen molar-refractivity contribution in [1.82, 2.24) is 10.2 Å². The zero-order chi connectivity index (χ0) is 9.26. The molecule has 2 N–H and O–H groups in total. The third kappa shape index (κ3) is 1.53. The number of para-hydroxylation sites is 1. The van der Waals surface area contributed by atoms with E-state index in [4.69, 9.17) is 0 Å². The van der Waals surface area contributed by atoms with E-state index < -0.39 is 0 Å². The van der Waals surface area contributed by atoms with E-state index in [1.165, 1.54) is 0 Å². The highest BCUT2D eigenvalue weighted by molar-refractivity contribution is 5.34. The lowest BCUT2D eigenvalue weighted by atomic mass is 10.1. The number of likely N-dealkylation sites (N-methyl/N-ethyl adjacent to an activating group) is 1. The van der Waals surface area contributed by atoms with Crippen LogP contribution in [-0.4, -0.2) is 30.1 Å². The Hall–Kier alpha value is -1.06. The first-order valence-corrected chi connectivity index (χ1v) is 4.50. The molecule has 1 saturated heterocycles. The molecule has 1 atom stereocenters. The number of hydrogen-bond acceptors (Lipinski definition) is 3. The Balaban J connectivity index is 2.29. The molecule has 2 rings (SSSR count). The fourth-order valence-corrected chi connectivity index (χ4v) is 1.73. The van der Waals surface area contributed by atoms with Crippen molar-refractivity contribution in [2.45, 2.75) is 6.17 Å². The van der Waals surface area contributed by atoms with E-state index in [2.05, 4.69) is 17.3 Å². The van der Waals surface area contributed by atoms with Crippen LogP contribution in [0.3, 0.4) is 0 Å². The Kier molecular flexibility index (Phi) is 2.20. The maximum atomic E-state index is 9.62. The molecule has 0 bridgehead atoms. The van der Waals surface area contributed by atoms with Gasteiger partial charge in [-0.05, 0) is 13.1 Å². The lowest BCUT2D eigenvalue weighted by Crippen LogP contribution is -2.23. The second-order valence-corrected chi connectivity index (χ2v) is 3.40. The van der Waals surface area contributed by atoms with Crippen molar-refractivity contribution in [2.75, 3.05) is 20.1 Å². The molecule has 0 spiro atoms. The van der Waals surface area contributed by atoms with Crippen molar-refractivity contribution >= 4 is 0 Å². The van der Waals surface area contributed by atoms with Gasteiger partial charge in [-0.25, -0.2) is 0 Å². The fourth-order valence-electron chi connectivity index (χ4n) is 1.73. The van der Waals surface area contributed by atoms with Gasteiger partial charge in [0.05, 0.1) is 6.17 Å². The van der Waals surface area contributed by atoms with Crippen molar-refractivity contribution in [2.24, 2.45) is 0 Å². The molecule has 0 amide bonds. The predicted molar refractivity (Wildman–Crippen MR) is 51.5 cm³/mol. The van der Waals surface area contributed by atoms with Gasteiger partial charge in [-0.1, -0.05) is 18.2 Å². The van der Waals surface area contributed by atoms with Crippen LogP contribution < -0.4 is 5.32 Å². The normalized spacial score (nSPS) is 23.6. The molecule has 1 aliphatic rings. The van der Waals surface area contributed by atoms with Crippen LogP contribution >= 0.6 is 0 Å². The van der Waals surface area contributed by atoms with Crippen molar-refractivity contribution in [1.29, 1.82) is 0 Å². The first kappa shape index (κ1) is 8.53. The summed E-state index contributed by atoms with van der Waals surface area (Å²) >= 11 is 0. The molecular formula is C10H14N2O. The molecule has 3 nitrogen and oxygen atoms in total. The van der Waals surface area contributed by atoms with Gasteiger partial charge in [0.15, 0.2) is 0 Å². The maximum absolute atomic E-state index is 9.62. The number of aromatic hydroxyl groups is 1. The average Bonchev–Trinajstić information content (AvgIpc) is 2.52. The summed E-state index contributed by atoms with van der Waals surface area (Å²) in [5.74, 6) is 0.369. The van der Waals surface area contributed by atoms with Crippen LogP contribution in [0.1, 0.15) is 11.7 Å². The predicted octanol–water partition coefficient (Wildman–Crippen LogP) is 0.926. The number of nitrogens with one attached hydrogen (secondary N) is 1. The Morgan fingerprint density at radius 1 is 1.46 bits per heavy atom. The summed E-state index contributed by atoms with van der Waals surface area (Å²) in [5.41, 5.74) is 0.961. The van der Waals surface area contributed by atoms with Gasteiger partial charge in [-0.15, -0.1) is 0 Å². The third-order valence-electron chi connectivity index (χ3n) is 2.47. The van der Waals surface area contributed by atoms with Crippen LogP contribution in [0.2, 0.25) is 0 Å². The molecule has 70 valence electrons. The van der Waals surface area contributed by atoms with Gasteiger partial charge >= 0.3 is 0 Å². The molecule has 3 heteroatoms. The largest absolute Gasteiger partial charge is 0.508 e. The van der Waals surface area contributed by atoms with E-state index in [1.54, 1.807) is 6.07 Å². The molecule has 1 aromatic rings. The Morgan fingerprint density at radius 2 is 2.23 bits per heavy atom. The van der Waals surface area contributed by atoms with E-state index in [9.17, 15) is 5.11 Å². The first-order chi connectivity index (χ1) is 6.29. The summed E-state index contributed by atoms with van der Waals surface area (Å²) in [6.07, 6.45) is 0.168. The van der Waals surface area contributed by atoms with Gasteiger partial charge in [-0.2, -0.15) is 0 Å². The van der Waals surface area contributed by atoms with Gasteiger partial charge in [0.1, 0.15) is 5.75 Å². The molecule has 0 aromatic heterocycles. The fraction of sp³-hybridized carbons (Fsp3) is 0.400. The number of benzene rings is 1. The summed E-state index contributed by atoms with van der Waals surface area (Å²) in [4.78, 5) is 2.19. The topological polar surface area (TPSA) is 35.5 Å². The average molecular weight is 178 g/mol. The molecule has 1 heterocycles. The van der Waals surface area contributed by atoms with E-state index in [0.29, 0.717) is 5.75 Å². The van der Waals surface area contributed by atoms with Crippen molar-refractivity contribution in [3.8, 4) is 5.75 Å².